The Morgan fingerprint density at radius 1 is 1.57 bits per heavy atom. The van der Waals surface area contributed by atoms with E-state index in [0.717, 1.165) is 0 Å². The summed E-state index contributed by atoms with van der Waals surface area (Å²) in [7, 11) is 0. The van der Waals surface area contributed by atoms with Gasteiger partial charge in [-0.2, -0.15) is 0 Å². The molecular weight excluding hydrogens is 185 g/mol. The smallest absolute Gasteiger partial charge is 0.161 e. The molecule has 5 heteroatoms. The van der Waals surface area contributed by atoms with Crippen LogP contribution in [0.3, 0.4) is 0 Å². The lowest BCUT2D eigenvalue weighted by Crippen LogP contribution is -2.33. The van der Waals surface area contributed by atoms with Gasteiger partial charge in [-0.3, -0.25) is 0 Å². The van der Waals surface area contributed by atoms with Gasteiger partial charge in [0.15, 0.2) is 5.84 Å². The minimum atomic E-state index is -0.420. The van der Waals surface area contributed by atoms with Gasteiger partial charge < -0.3 is 16.3 Å². The second-order valence-corrected chi connectivity index (χ2v) is 2.87. The molecule has 0 spiro atoms. The van der Waals surface area contributed by atoms with Gasteiger partial charge in [0.1, 0.15) is 5.82 Å². The van der Waals surface area contributed by atoms with E-state index in [1.807, 2.05) is 0 Å². The highest BCUT2D eigenvalue weighted by Crippen LogP contribution is 2.13. The average Bonchev–Trinajstić information content (AvgIpc) is 2.20. The fourth-order valence-electron chi connectivity index (χ4n) is 0.972. The number of amidine groups is 1. The first-order valence-corrected chi connectivity index (χ1v) is 4.13. The summed E-state index contributed by atoms with van der Waals surface area (Å²) in [5.74, 6) is -0.363. The molecule has 1 aromatic rings. The summed E-state index contributed by atoms with van der Waals surface area (Å²) in [6.07, 6.45) is 0. The third kappa shape index (κ3) is 2.35. The number of para-hydroxylation sites is 1. The zero-order valence-electron chi connectivity index (χ0n) is 7.74. The summed E-state index contributed by atoms with van der Waals surface area (Å²) >= 11 is 0. The lowest BCUT2D eigenvalue weighted by molar-refractivity contribution is 0.316. The van der Waals surface area contributed by atoms with Crippen LogP contribution >= 0.6 is 0 Å². The Balaban J connectivity index is 2.74. The lowest BCUT2D eigenvalue weighted by Gasteiger charge is -2.13. The molecular formula is C9H12FN3O. The summed E-state index contributed by atoms with van der Waals surface area (Å²) in [6.45, 7) is 1.67. The quantitative estimate of drug-likeness (QED) is 0.296. The van der Waals surface area contributed by atoms with E-state index in [-0.39, 0.29) is 11.7 Å². The average molecular weight is 197 g/mol. The molecule has 0 aliphatic heterocycles. The number of anilines is 1. The van der Waals surface area contributed by atoms with Crippen molar-refractivity contribution in [1.82, 2.24) is 0 Å². The number of oxime groups is 1. The highest BCUT2D eigenvalue weighted by atomic mass is 19.1. The molecule has 0 saturated carbocycles. The largest absolute Gasteiger partial charge is 0.409 e. The van der Waals surface area contributed by atoms with Gasteiger partial charge in [-0.05, 0) is 19.1 Å². The van der Waals surface area contributed by atoms with Gasteiger partial charge in [0.2, 0.25) is 0 Å². The maximum absolute atomic E-state index is 13.1. The van der Waals surface area contributed by atoms with Gasteiger partial charge in [0.05, 0.1) is 11.7 Å². The number of rotatable bonds is 3. The molecule has 4 N–H and O–H groups in total. The van der Waals surface area contributed by atoms with E-state index in [1.165, 1.54) is 6.07 Å². The van der Waals surface area contributed by atoms with E-state index in [9.17, 15) is 4.39 Å². The lowest BCUT2D eigenvalue weighted by atomic mass is 10.2. The topological polar surface area (TPSA) is 70.6 Å². The van der Waals surface area contributed by atoms with Crippen LogP contribution in [0.5, 0.6) is 0 Å². The van der Waals surface area contributed by atoms with Crippen LogP contribution < -0.4 is 11.1 Å². The minimum Gasteiger partial charge on any atom is -0.409 e. The second kappa shape index (κ2) is 4.45. The normalized spacial score (nSPS) is 13.7. The molecule has 0 radical (unpaired) electrons. The molecule has 4 nitrogen and oxygen atoms in total. The zero-order chi connectivity index (χ0) is 10.6. The first kappa shape index (κ1) is 10.3. The molecule has 1 rings (SSSR count). The summed E-state index contributed by atoms with van der Waals surface area (Å²) in [5.41, 5.74) is 5.66. The Morgan fingerprint density at radius 2 is 2.21 bits per heavy atom. The number of hydrogen-bond donors (Lipinski definition) is 3. The molecule has 0 heterocycles. The van der Waals surface area contributed by atoms with Crippen molar-refractivity contribution in [2.45, 2.75) is 13.0 Å². The molecule has 0 fully saturated rings. The van der Waals surface area contributed by atoms with Crippen molar-refractivity contribution in [3.8, 4) is 0 Å². The third-order valence-electron chi connectivity index (χ3n) is 1.80. The van der Waals surface area contributed by atoms with Crippen LogP contribution in [0.4, 0.5) is 10.1 Å². The highest BCUT2D eigenvalue weighted by Gasteiger charge is 2.08. The van der Waals surface area contributed by atoms with Gasteiger partial charge in [-0.1, -0.05) is 17.3 Å². The molecule has 1 unspecified atom stereocenters. The Kier molecular flexibility index (Phi) is 3.28. The summed E-state index contributed by atoms with van der Waals surface area (Å²) in [6, 6.07) is 5.79. The highest BCUT2D eigenvalue weighted by molar-refractivity contribution is 5.87. The number of nitrogens with zero attached hydrogens (tertiary/aromatic N) is 1. The van der Waals surface area contributed by atoms with Crippen molar-refractivity contribution in [2.75, 3.05) is 5.32 Å². The van der Waals surface area contributed by atoms with Crippen LogP contribution in [0.25, 0.3) is 0 Å². The van der Waals surface area contributed by atoms with Crippen LogP contribution in [0.1, 0.15) is 6.92 Å². The number of benzene rings is 1. The molecule has 14 heavy (non-hydrogen) atoms. The van der Waals surface area contributed by atoms with E-state index in [0.29, 0.717) is 5.69 Å². The van der Waals surface area contributed by atoms with E-state index >= 15 is 0 Å². The fraction of sp³-hybridized carbons (Fsp3) is 0.222. The molecule has 1 aromatic carbocycles. The zero-order valence-corrected chi connectivity index (χ0v) is 7.74. The number of halogens is 1. The predicted molar refractivity (Wildman–Crippen MR) is 52.9 cm³/mol. The standard InChI is InChI=1S/C9H12FN3O/c1-6(9(11)13-14)12-8-5-3-2-4-7(8)10/h2-6,12,14H,1H3,(H2,11,13). The van der Waals surface area contributed by atoms with Crippen molar-refractivity contribution in [3.05, 3.63) is 30.1 Å². The molecule has 0 aliphatic rings. The Labute approximate surface area is 81.2 Å². The van der Waals surface area contributed by atoms with Crippen LogP contribution in [0, 0.1) is 5.82 Å². The van der Waals surface area contributed by atoms with Gasteiger partial charge in [-0.15, -0.1) is 0 Å². The summed E-state index contributed by atoms with van der Waals surface area (Å²) in [4.78, 5) is 0. The molecule has 0 amide bonds. The Hall–Kier alpha value is -1.78. The van der Waals surface area contributed by atoms with Crippen molar-refractivity contribution in [3.63, 3.8) is 0 Å². The number of nitrogens with one attached hydrogen (secondary N) is 1. The Morgan fingerprint density at radius 3 is 2.79 bits per heavy atom. The van der Waals surface area contributed by atoms with Gasteiger partial charge >= 0.3 is 0 Å². The molecule has 0 bridgehead atoms. The minimum absolute atomic E-state index is 0.00764. The molecule has 0 aromatic heterocycles. The predicted octanol–water partition coefficient (Wildman–Crippen LogP) is 1.37. The SMILES string of the molecule is CC(Nc1ccccc1F)C(N)=NO. The fourth-order valence-corrected chi connectivity index (χ4v) is 0.972. The third-order valence-corrected chi connectivity index (χ3v) is 1.80. The van der Waals surface area contributed by atoms with Crippen LogP contribution in [-0.4, -0.2) is 17.1 Å². The maximum atomic E-state index is 13.1. The van der Waals surface area contributed by atoms with Gasteiger partial charge in [0.25, 0.3) is 0 Å². The summed E-state index contributed by atoms with van der Waals surface area (Å²) < 4.78 is 13.1. The summed E-state index contributed by atoms with van der Waals surface area (Å²) in [5, 5.41) is 14.0. The van der Waals surface area contributed by atoms with Crippen molar-refractivity contribution in [2.24, 2.45) is 10.9 Å². The van der Waals surface area contributed by atoms with Crippen LogP contribution in [0.2, 0.25) is 0 Å². The first-order chi connectivity index (χ1) is 6.65. The number of hydrogen-bond acceptors (Lipinski definition) is 3. The van der Waals surface area contributed by atoms with Crippen molar-refractivity contribution < 1.29 is 9.60 Å². The van der Waals surface area contributed by atoms with Gasteiger partial charge in [0, 0.05) is 0 Å². The molecule has 1 atom stereocenters. The van der Waals surface area contributed by atoms with Crippen LogP contribution in [0.15, 0.2) is 29.4 Å². The van der Waals surface area contributed by atoms with Crippen molar-refractivity contribution >= 4 is 11.5 Å². The van der Waals surface area contributed by atoms with Crippen molar-refractivity contribution in [1.29, 1.82) is 0 Å². The maximum Gasteiger partial charge on any atom is 0.161 e. The Bertz CT molecular complexity index is 341. The molecule has 76 valence electrons. The second-order valence-electron chi connectivity index (χ2n) is 2.87. The monoisotopic (exact) mass is 197 g/mol. The van der Waals surface area contributed by atoms with E-state index in [1.54, 1.807) is 25.1 Å². The van der Waals surface area contributed by atoms with E-state index in [2.05, 4.69) is 10.5 Å². The first-order valence-electron chi connectivity index (χ1n) is 4.13. The molecule has 0 aliphatic carbocycles. The number of nitrogens with two attached hydrogens (primary N) is 1. The van der Waals surface area contributed by atoms with E-state index in [4.69, 9.17) is 10.9 Å². The molecule has 0 saturated heterocycles. The van der Waals surface area contributed by atoms with Gasteiger partial charge in [-0.25, -0.2) is 4.39 Å². The van der Waals surface area contributed by atoms with E-state index < -0.39 is 6.04 Å². The van der Waals surface area contributed by atoms with Crippen LogP contribution in [-0.2, 0) is 0 Å².